The van der Waals surface area contributed by atoms with Crippen molar-refractivity contribution in [1.29, 1.82) is 0 Å². The van der Waals surface area contributed by atoms with Gasteiger partial charge in [0, 0.05) is 5.57 Å². The second-order valence-electron chi connectivity index (χ2n) is 5.33. The van der Waals surface area contributed by atoms with Crippen LogP contribution in [0.3, 0.4) is 0 Å². The van der Waals surface area contributed by atoms with Crippen molar-refractivity contribution in [3.63, 3.8) is 0 Å². The molecule has 0 aromatic carbocycles. The van der Waals surface area contributed by atoms with Gasteiger partial charge >= 0.3 is 14.5 Å². The van der Waals surface area contributed by atoms with Gasteiger partial charge in [0.1, 0.15) is 0 Å². The van der Waals surface area contributed by atoms with Gasteiger partial charge in [-0.1, -0.05) is 6.58 Å². The summed E-state index contributed by atoms with van der Waals surface area (Å²) in [6.07, 6.45) is 0.767. The van der Waals surface area contributed by atoms with Crippen LogP contribution in [0.2, 0.25) is 32.2 Å². The molecule has 0 atom stereocenters. The smallest absolute Gasteiger partial charge is 0.333 e. The summed E-state index contributed by atoms with van der Waals surface area (Å²) in [6.45, 7) is 13.2. The highest BCUT2D eigenvalue weighted by molar-refractivity contribution is 6.81. The van der Waals surface area contributed by atoms with E-state index in [4.69, 9.17) is 8.85 Å². The van der Waals surface area contributed by atoms with Gasteiger partial charge in [0.2, 0.25) is 0 Å². The molecule has 0 aliphatic heterocycles. The average molecular weight is 276 g/mol. The normalized spacial score (nSPS) is 12.4. The van der Waals surface area contributed by atoms with Gasteiger partial charge in [-0.15, -0.1) is 0 Å². The summed E-state index contributed by atoms with van der Waals surface area (Å²) in [4.78, 5) is 20.8. The Morgan fingerprint density at radius 1 is 1.29 bits per heavy atom. The van der Waals surface area contributed by atoms with Crippen LogP contribution in [-0.2, 0) is 13.6 Å². The predicted octanol–water partition coefficient (Wildman–Crippen LogP) is 2.41. The number of hydrogen-bond acceptors (Lipinski definition) is 4. The van der Waals surface area contributed by atoms with E-state index in [9.17, 15) is 9.59 Å². The topological polar surface area (TPSA) is 55.8 Å². The molecule has 0 fully saturated rings. The fourth-order valence-electron chi connectivity index (χ4n) is 1.51. The number of ether oxygens (including phenoxy) is 1. The van der Waals surface area contributed by atoms with Gasteiger partial charge < -0.3 is 13.6 Å². The summed E-state index contributed by atoms with van der Waals surface area (Å²) < 4.78 is 10.8. The molecular weight excluding hydrogens is 252 g/mol. The van der Waals surface area contributed by atoms with Gasteiger partial charge in [0.05, 0.1) is 6.61 Å². The highest BCUT2D eigenvalue weighted by Crippen LogP contribution is 2.18. The molecule has 6 heteroatoms. The van der Waals surface area contributed by atoms with Crippen LogP contribution in [0.15, 0.2) is 12.2 Å². The van der Waals surface area contributed by atoms with Gasteiger partial charge in [0.15, 0.2) is 8.32 Å². The quantitative estimate of drug-likeness (QED) is 0.336. The lowest BCUT2D eigenvalue weighted by Crippen LogP contribution is -2.44. The fourth-order valence-corrected chi connectivity index (χ4v) is 8.33. The summed E-state index contributed by atoms with van der Waals surface area (Å²) >= 11 is 0. The van der Waals surface area contributed by atoms with Crippen LogP contribution in [0.1, 0.15) is 13.3 Å². The van der Waals surface area contributed by atoms with E-state index in [1.165, 1.54) is 0 Å². The Hall–Kier alpha value is -0.436. The lowest BCUT2D eigenvalue weighted by molar-refractivity contribution is -0.138. The standard InChI is InChI=1S/C11H24O4Si2/c1-10(2)11(12)14-8-7-9-16(3,4)15-17(5,6)13/h13H,1,7-9H2,2-6H3. The Morgan fingerprint density at radius 3 is 2.24 bits per heavy atom. The van der Waals surface area contributed by atoms with Gasteiger partial charge in [-0.2, -0.15) is 0 Å². The highest BCUT2D eigenvalue weighted by Gasteiger charge is 2.31. The minimum Gasteiger partial charge on any atom is -0.462 e. The Bertz CT molecular complexity index is 282. The van der Waals surface area contributed by atoms with Crippen LogP contribution < -0.4 is 0 Å². The van der Waals surface area contributed by atoms with Crippen LogP contribution in [0.25, 0.3) is 0 Å². The molecule has 0 spiro atoms. The number of rotatable bonds is 7. The summed E-state index contributed by atoms with van der Waals surface area (Å²) in [6, 6.07) is 0.869. The van der Waals surface area contributed by atoms with Crippen LogP contribution >= 0.6 is 0 Å². The minimum absolute atomic E-state index is 0.345. The molecule has 0 radical (unpaired) electrons. The molecule has 0 bridgehead atoms. The molecule has 0 heterocycles. The molecule has 1 N–H and O–H groups in total. The summed E-state index contributed by atoms with van der Waals surface area (Å²) in [7, 11) is -4.29. The third kappa shape index (κ3) is 9.28. The van der Waals surface area contributed by atoms with Crippen molar-refractivity contribution in [3.05, 3.63) is 12.2 Å². The SMILES string of the molecule is C=C(C)C(=O)OCCC[Si](C)(C)O[Si](C)(C)O. The van der Waals surface area contributed by atoms with Crippen molar-refractivity contribution < 1.29 is 18.4 Å². The first-order valence-corrected chi connectivity index (χ1v) is 11.8. The largest absolute Gasteiger partial charge is 0.462 e. The minimum atomic E-state index is -2.45. The van der Waals surface area contributed by atoms with Gasteiger partial charge in [-0.3, -0.25) is 0 Å². The molecule has 0 amide bonds. The van der Waals surface area contributed by atoms with E-state index in [0.717, 1.165) is 12.5 Å². The molecule has 0 aliphatic rings. The summed E-state index contributed by atoms with van der Waals surface area (Å²) in [5.41, 5.74) is 0.418. The van der Waals surface area contributed by atoms with Gasteiger partial charge in [-0.05, 0) is 45.6 Å². The molecule has 0 aromatic heterocycles. The maximum atomic E-state index is 11.1. The Morgan fingerprint density at radius 2 is 1.82 bits per heavy atom. The van der Waals surface area contributed by atoms with E-state index in [0.29, 0.717) is 12.2 Å². The maximum Gasteiger partial charge on any atom is 0.333 e. The monoisotopic (exact) mass is 276 g/mol. The molecule has 100 valence electrons. The zero-order valence-electron chi connectivity index (χ0n) is 11.5. The average Bonchev–Trinajstić information content (AvgIpc) is 2.07. The third-order valence-electron chi connectivity index (χ3n) is 2.03. The Balaban J connectivity index is 3.88. The van der Waals surface area contributed by atoms with Crippen molar-refractivity contribution >= 4 is 22.8 Å². The molecule has 17 heavy (non-hydrogen) atoms. The second kappa shape index (κ2) is 6.48. The van der Waals surface area contributed by atoms with Crippen LogP contribution in [0, 0.1) is 0 Å². The first-order chi connectivity index (χ1) is 7.53. The zero-order valence-corrected chi connectivity index (χ0v) is 13.5. The maximum absolute atomic E-state index is 11.1. The van der Waals surface area contributed by atoms with E-state index in [2.05, 4.69) is 19.7 Å². The number of hydrogen-bond donors (Lipinski definition) is 1. The number of carbonyl (C=O) groups is 1. The first kappa shape index (κ1) is 16.6. The van der Waals surface area contributed by atoms with E-state index in [-0.39, 0.29) is 5.97 Å². The van der Waals surface area contributed by atoms with Gasteiger partial charge in [0.25, 0.3) is 0 Å². The molecule has 0 aliphatic carbocycles. The van der Waals surface area contributed by atoms with Crippen LogP contribution in [-0.4, -0.2) is 34.3 Å². The Labute approximate surface area is 106 Å². The first-order valence-electron chi connectivity index (χ1n) is 5.79. The molecule has 0 rings (SSSR count). The fraction of sp³-hybridized carbons (Fsp3) is 0.727. The lowest BCUT2D eigenvalue weighted by Gasteiger charge is -2.29. The molecule has 4 nitrogen and oxygen atoms in total. The van der Waals surface area contributed by atoms with Crippen molar-refractivity contribution in [2.45, 2.75) is 45.6 Å². The summed E-state index contributed by atoms with van der Waals surface area (Å²) in [5, 5.41) is 0. The predicted molar refractivity (Wildman–Crippen MR) is 73.5 cm³/mol. The third-order valence-corrected chi connectivity index (χ3v) is 7.80. The van der Waals surface area contributed by atoms with Crippen molar-refractivity contribution in [2.75, 3.05) is 6.61 Å². The lowest BCUT2D eigenvalue weighted by atomic mass is 10.4. The zero-order chi connectivity index (χ0) is 13.7. The van der Waals surface area contributed by atoms with Crippen LogP contribution in [0.4, 0.5) is 0 Å². The van der Waals surface area contributed by atoms with E-state index in [1.54, 1.807) is 20.0 Å². The Kier molecular flexibility index (Phi) is 6.32. The molecular formula is C11H24O4Si2. The second-order valence-corrected chi connectivity index (χ2v) is 13.1. The molecule has 0 saturated carbocycles. The molecule has 0 aromatic rings. The number of esters is 1. The number of carbonyl (C=O) groups excluding carboxylic acids is 1. The van der Waals surface area contributed by atoms with E-state index >= 15 is 0 Å². The van der Waals surface area contributed by atoms with Crippen molar-refractivity contribution in [1.82, 2.24) is 0 Å². The van der Waals surface area contributed by atoms with E-state index < -0.39 is 16.9 Å². The van der Waals surface area contributed by atoms with Crippen molar-refractivity contribution in [2.24, 2.45) is 0 Å². The molecule has 0 unspecified atom stereocenters. The van der Waals surface area contributed by atoms with E-state index in [1.807, 2.05) is 0 Å². The van der Waals surface area contributed by atoms with Crippen molar-refractivity contribution in [3.8, 4) is 0 Å². The summed E-state index contributed by atoms with van der Waals surface area (Å²) in [5.74, 6) is -0.345. The van der Waals surface area contributed by atoms with Gasteiger partial charge in [-0.25, -0.2) is 4.79 Å². The van der Waals surface area contributed by atoms with Crippen LogP contribution in [0.5, 0.6) is 0 Å². The molecule has 0 saturated heterocycles. The highest BCUT2D eigenvalue weighted by atomic mass is 28.4.